The minimum Gasteiger partial charge on any atom is -0.480 e. The lowest BCUT2D eigenvalue weighted by molar-refractivity contribution is 0.0692. The minimum absolute atomic E-state index is 0.179. The normalized spacial score (nSPS) is 10.3. The van der Waals surface area contributed by atoms with Crippen molar-refractivity contribution in [2.75, 3.05) is 7.11 Å². The van der Waals surface area contributed by atoms with Gasteiger partial charge in [-0.1, -0.05) is 0 Å². The Kier molecular flexibility index (Phi) is 2.95. The molecule has 6 heteroatoms. The summed E-state index contributed by atoms with van der Waals surface area (Å²) in [6, 6.07) is 0.846. The molecule has 1 N–H and O–H groups in total. The fraction of sp³-hybridized carbons (Fsp3) is 0.250. The Labute approximate surface area is 78.1 Å². The number of nitrogens with zero attached hydrogens (tertiary/aromatic N) is 1. The number of pyridine rings is 1. The first-order chi connectivity index (χ1) is 6.56. The third-order valence-electron chi connectivity index (χ3n) is 1.55. The van der Waals surface area contributed by atoms with E-state index in [9.17, 15) is 13.6 Å². The van der Waals surface area contributed by atoms with Gasteiger partial charge in [0, 0.05) is 11.8 Å². The summed E-state index contributed by atoms with van der Waals surface area (Å²) in [5.74, 6) is -1.53. The van der Waals surface area contributed by atoms with E-state index >= 15 is 0 Å². The van der Waals surface area contributed by atoms with Crippen LogP contribution in [0.5, 0.6) is 5.88 Å². The fourth-order valence-electron chi connectivity index (χ4n) is 0.904. The van der Waals surface area contributed by atoms with Crippen molar-refractivity contribution in [3.8, 4) is 5.88 Å². The van der Waals surface area contributed by atoms with Gasteiger partial charge in [-0.2, -0.15) is 0 Å². The van der Waals surface area contributed by atoms with Crippen LogP contribution in [0.1, 0.15) is 22.3 Å². The van der Waals surface area contributed by atoms with E-state index < -0.39 is 18.0 Å². The zero-order chi connectivity index (χ0) is 10.7. The van der Waals surface area contributed by atoms with Crippen molar-refractivity contribution in [2.24, 2.45) is 0 Å². The predicted octanol–water partition coefficient (Wildman–Crippen LogP) is 1.73. The van der Waals surface area contributed by atoms with Crippen molar-refractivity contribution in [3.05, 3.63) is 23.4 Å². The first-order valence-electron chi connectivity index (χ1n) is 3.61. The average molecular weight is 203 g/mol. The largest absolute Gasteiger partial charge is 0.480 e. The van der Waals surface area contributed by atoms with Gasteiger partial charge in [-0.25, -0.2) is 18.6 Å². The maximum absolute atomic E-state index is 12.2. The lowest BCUT2D eigenvalue weighted by Gasteiger charge is -2.05. The van der Waals surface area contributed by atoms with E-state index in [1.807, 2.05) is 0 Å². The van der Waals surface area contributed by atoms with E-state index in [1.54, 1.807) is 0 Å². The van der Waals surface area contributed by atoms with Crippen LogP contribution in [0.15, 0.2) is 12.3 Å². The monoisotopic (exact) mass is 203 g/mol. The average Bonchev–Trinajstić information content (AvgIpc) is 2.16. The van der Waals surface area contributed by atoms with E-state index in [0.717, 1.165) is 12.3 Å². The molecule has 14 heavy (non-hydrogen) atoms. The SMILES string of the molecule is COc1ncc(C(F)F)cc1C(=O)O. The first kappa shape index (κ1) is 10.4. The van der Waals surface area contributed by atoms with Gasteiger partial charge in [-0.05, 0) is 6.07 Å². The summed E-state index contributed by atoms with van der Waals surface area (Å²) in [7, 11) is 1.22. The molecule has 0 atom stereocenters. The van der Waals surface area contributed by atoms with Crippen LogP contribution in [-0.4, -0.2) is 23.2 Å². The standard InChI is InChI=1S/C8H7F2NO3/c1-14-7-5(8(12)13)2-4(3-11-7)6(9)10/h2-3,6H,1H3,(H,12,13). The summed E-state index contributed by atoms with van der Waals surface area (Å²) in [6.45, 7) is 0. The lowest BCUT2D eigenvalue weighted by atomic mass is 10.2. The topological polar surface area (TPSA) is 59.4 Å². The van der Waals surface area contributed by atoms with Crippen LogP contribution in [0.25, 0.3) is 0 Å². The number of methoxy groups -OCH3 is 1. The Balaban J connectivity index is 3.21. The van der Waals surface area contributed by atoms with Gasteiger partial charge in [-0.15, -0.1) is 0 Å². The highest BCUT2D eigenvalue weighted by atomic mass is 19.3. The third-order valence-corrected chi connectivity index (χ3v) is 1.55. The molecule has 0 aliphatic heterocycles. The van der Waals surface area contributed by atoms with Crippen molar-refractivity contribution >= 4 is 5.97 Å². The van der Waals surface area contributed by atoms with Crippen LogP contribution in [-0.2, 0) is 0 Å². The molecule has 0 bridgehead atoms. The number of aromatic carboxylic acids is 1. The Morgan fingerprint density at radius 3 is 2.71 bits per heavy atom. The van der Waals surface area contributed by atoms with Gasteiger partial charge < -0.3 is 9.84 Å². The van der Waals surface area contributed by atoms with Gasteiger partial charge in [-0.3, -0.25) is 0 Å². The molecule has 0 aliphatic carbocycles. The second-order valence-corrected chi connectivity index (χ2v) is 2.43. The summed E-state index contributed by atoms with van der Waals surface area (Å²) in [5, 5.41) is 8.64. The molecule has 0 aromatic carbocycles. The van der Waals surface area contributed by atoms with Gasteiger partial charge in [0.05, 0.1) is 7.11 Å². The Morgan fingerprint density at radius 2 is 2.29 bits per heavy atom. The molecule has 0 fully saturated rings. The Bertz CT molecular complexity index is 354. The summed E-state index contributed by atoms with van der Waals surface area (Å²) in [4.78, 5) is 14.0. The molecule has 1 heterocycles. The van der Waals surface area contributed by atoms with E-state index in [4.69, 9.17) is 5.11 Å². The van der Waals surface area contributed by atoms with Crippen LogP contribution >= 0.6 is 0 Å². The number of carboxylic acids is 1. The number of rotatable bonds is 3. The van der Waals surface area contributed by atoms with Gasteiger partial charge in [0.1, 0.15) is 5.56 Å². The summed E-state index contributed by atoms with van der Waals surface area (Å²) in [5.41, 5.74) is -0.812. The first-order valence-corrected chi connectivity index (χ1v) is 3.61. The molecule has 0 aliphatic rings. The van der Waals surface area contributed by atoms with Crippen molar-refractivity contribution in [2.45, 2.75) is 6.43 Å². The van der Waals surface area contributed by atoms with Crippen LogP contribution in [0.2, 0.25) is 0 Å². The highest BCUT2D eigenvalue weighted by molar-refractivity contribution is 5.90. The Morgan fingerprint density at radius 1 is 1.64 bits per heavy atom. The number of carbonyl (C=O) groups is 1. The molecular weight excluding hydrogens is 196 g/mol. The number of aromatic nitrogens is 1. The quantitative estimate of drug-likeness (QED) is 0.812. The molecule has 76 valence electrons. The van der Waals surface area contributed by atoms with Crippen LogP contribution in [0.4, 0.5) is 8.78 Å². The molecule has 1 aromatic rings. The molecule has 0 radical (unpaired) electrons. The van der Waals surface area contributed by atoms with E-state index in [0.29, 0.717) is 0 Å². The fourth-order valence-corrected chi connectivity index (χ4v) is 0.904. The number of carboxylic acid groups (broad SMARTS) is 1. The molecule has 0 saturated heterocycles. The van der Waals surface area contributed by atoms with Crippen LogP contribution in [0, 0.1) is 0 Å². The molecule has 0 unspecified atom stereocenters. The van der Waals surface area contributed by atoms with Gasteiger partial charge in [0.2, 0.25) is 5.88 Å². The molecular formula is C8H7F2NO3. The van der Waals surface area contributed by atoms with Crippen molar-refractivity contribution < 1.29 is 23.4 Å². The highest BCUT2D eigenvalue weighted by Gasteiger charge is 2.16. The van der Waals surface area contributed by atoms with Crippen molar-refractivity contribution in [1.29, 1.82) is 0 Å². The predicted molar refractivity (Wildman–Crippen MR) is 42.7 cm³/mol. The van der Waals surface area contributed by atoms with Crippen molar-refractivity contribution in [1.82, 2.24) is 4.98 Å². The summed E-state index contributed by atoms with van der Waals surface area (Å²) < 4.78 is 28.9. The molecule has 4 nitrogen and oxygen atoms in total. The Hall–Kier alpha value is -1.72. The summed E-state index contributed by atoms with van der Waals surface area (Å²) in [6.07, 6.45) is -1.86. The van der Waals surface area contributed by atoms with Gasteiger partial charge in [0.25, 0.3) is 6.43 Å². The molecule has 1 aromatic heterocycles. The molecule has 0 saturated carbocycles. The molecule has 0 spiro atoms. The zero-order valence-electron chi connectivity index (χ0n) is 7.20. The molecule has 1 rings (SSSR count). The maximum atomic E-state index is 12.2. The molecule has 0 amide bonds. The van der Waals surface area contributed by atoms with Crippen molar-refractivity contribution in [3.63, 3.8) is 0 Å². The number of hydrogen-bond acceptors (Lipinski definition) is 3. The van der Waals surface area contributed by atoms with Gasteiger partial charge >= 0.3 is 5.97 Å². The summed E-state index contributed by atoms with van der Waals surface area (Å²) >= 11 is 0. The number of alkyl halides is 2. The van der Waals surface area contributed by atoms with E-state index in [-0.39, 0.29) is 11.4 Å². The second kappa shape index (κ2) is 3.99. The zero-order valence-corrected chi connectivity index (χ0v) is 7.20. The maximum Gasteiger partial charge on any atom is 0.341 e. The van der Waals surface area contributed by atoms with Gasteiger partial charge in [0.15, 0.2) is 0 Å². The second-order valence-electron chi connectivity index (χ2n) is 2.43. The third kappa shape index (κ3) is 1.95. The number of hydrogen-bond donors (Lipinski definition) is 1. The van der Waals surface area contributed by atoms with E-state index in [2.05, 4.69) is 9.72 Å². The minimum atomic E-state index is -2.74. The van der Waals surface area contributed by atoms with Crippen LogP contribution in [0.3, 0.4) is 0 Å². The van der Waals surface area contributed by atoms with E-state index in [1.165, 1.54) is 7.11 Å². The highest BCUT2D eigenvalue weighted by Crippen LogP contribution is 2.23. The number of halogens is 2. The van der Waals surface area contributed by atoms with Crippen LogP contribution < -0.4 is 4.74 Å². The number of ether oxygens (including phenoxy) is 1. The smallest absolute Gasteiger partial charge is 0.341 e. The lowest BCUT2D eigenvalue weighted by Crippen LogP contribution is -2.03.